The van der Waals surface area contributed by atoms with Crippen LogP contribution < -0.4 is 10.6 Å². The van der Waals surface area contributed by atoms with Crippen LogP contribution in [-0.4, -0.2) is 19.1 Å². The topological polar surface area (TPSA) is 67.4 Å². The maximum absolute atomic E-state index is 12.1. The number of methoxy groups -OCH3 is 1. The minimum absolute atomic E-state index is 0.109. The highest BCUT2D eigenvalue weighted by Gasteiger charge is 2.08. The number of anilines is 1. The quantitative estimate of drug-likeness (QED) is 0.760. The predicted octanol–water partition coefficient (Wildman–Crippen LogP) is 3.40. The van der Waals surface area contributed by atoms with Crippen molar-refractivity contribution in [1.29, 1.82) is 0 Å². The zero-order valence-electron chi connectivity index (χ0n) is 11.9. The van der Waals surface area contributed by atoms with Crippen LogP contribution in [0.3, 0.4) is 0 Å². The maximum Gasteiger partial charge on any atom is 0.411 e. The summed E-state index contributed by atoms with van der Waals surface area (Å²) in [5.41, 5.74) is 2.24. The van der Waals surface area contributed by atoms with E-state index >= 15 is 0 Å². The third-order valence-electron chi connectivity index (χ3n) is 2.96. The first kappa shape index (κ1) is 16.3. The second kappa shape index (κ2) is 7.79. The zero-order chi connectivity index (χ0) is 15.9. The smallest absolute Gasteiger partial charge is 0.411 e. The third kappa shape index (κ3) is 4.45. The van der Waals surface area contributed by atoms with Crippen molar-refractivity contribution in [3.8, 4) is 0 Å². The van der Waals surface area contributed by atoms with E-state index in [1.165, 1.54) is 7.11 Å². The Bertz CT molecular complexity index is 671. The van der Waals surface area contributed by atoms with Crippen molar-refractivity contribution in [2.45, 2.75) is 6.54 Å². The number of carbonyl (C=O) groups is 2. The van der Waals surface area contributed by atoms with Gasteiger partial charge in [-0.25, -0.2) is 4.79 Å². The van der Waals surface area contributed by atoms with Crippen LogP contribution in [0, 0.1) is 3.57 Å². The highest BCUT2D eigenvalue weighted by atomic mass is 127. The van der Waals surface area contributed by atoms with Crippen molar-refractivity contribution in [2.75, 3.05) is 12.4 Å². The molecule has 22 heavy (non-hydrogen) atoms. The van der Waals surface area contributed by atoms with Crippen LogP contribution in [-0.2, 0) is 11.3 Å². The minimum atomic E-state index is -0.514. The third-order valence-corrected chi connectivity index (χ3v) is 3.90. The Morgan fingerprint density at radius 1 is 1.09 bits per heavy atom. The molecule has 0 aromatic heterocycles. The Hall–Kier alpha value is -2.09. The number of rotatable bonds is 4. The molecule has 0 aliphatic carbocycles. The fraction of sp³-hybridized carbons (Fsp3) is 0.125. The average molecular weight is 410 g/mol. The molecule has 0 unspecified atom stereocenters. The number of ether oxygens (including phenoxy) is 1. The van der Waals surface area contributed by atoms with Gasteiger partial charge in [0.05, 0.1) is 12.7 Å². The molecule has 2 N–H and O–H groups in total. The van der Waals surface area contributed by atoms with E-state index in [2.05, 4.69) is 38.0 Å². The fourth-order valence-electron chi connectivity index (χ4n) is 1.80. The first-order valence-corrected chi connectivity index (χ1v) is 7.64. The fourth-order valence-corrected chi connectivity index (χ4v) is 2.43. The van der Waals surface area contributed by atoms with Gasteiger partial charge in [0, 0.05) is 15.8 Å². The summed E-state index contributed by atoms with van der Waals surface area (Å²) in [6.45, 7) is 0.419. The standard InChI is InChI=1S/C16H15IN2O3/c1-22-16(21)19-12-8-6-11(7-9-12)10-18-15(20)13-4-2-3-5-14(13)17/h2-9H,10H2,1H3,(H,18,20)(H,19,21). The number of amides is 2. The average Bonchev–Trinajstić information content (AvgIpc) is 2.54. The second-order valence-corrected chi connectivity index (χ2v) is 5.64. The van der Waals surface area contributed by atoms with Crippen LogP contribution >= 0.6 is 22.6 Å². The summed E-state index contributed by atoms with van der Waals surface area (Å²) < 4.78 is 5.43. The van der Waals surface area contributed by atoms with Crippen molar-refractivity contribution in [2.24, 2.45) is 0 Å². The summed E-state index contributed by atoms with van der Waals surface area (Å²) in [5.74, 6) is -0.109. The lowest BCUT2D eigenvalue weighted by Crippen LogP contribution is -2.23. The summed E-state index contributed by atoms with van der Waals surface area (Å²) in [7, 11) is 1.31. The highest BCUT2D eigenvalue weighted by molar-refractivity contribution is 14.1. The molecule has 2 aromatic carbocycles. The van der Waals surface area contributed by atoms with E-state index < -0.39 is 6.09 Å². The summed E-state index contributed by atoms with van der Waals surface area (Å²) in [6.07, 6.45) is -0.514. The molecule has 0 heterocycles. The van der Waals surface area contributed by atoms with Gasteiger partial charge in [-0.15, -0.1) is 0 Å². The van der Waals surface area contributed by atoms with Gasteiger partial charge in [0.1, 0.15) is 0 Å². The van der Waals surface area contributed by atoms with Gasteiger partial charge in [0.2, 0.25) is 0 Å². The van der Waals surface area contributed by atoms with Gasteiger partial charge >= 0.3 is 6.09 Å². The molecular weight excluding hydrogens is 395 g/mol. The molecule has 0 bridgehead atoms. The summed E-state index contributed by atoms with van der Waals surface area (Å²) in [6, 6.07) is 14.6. The normalized spacial score (nSPS) is 9.91. The van der Waals surface area contributed by atoms with Crippen LogP contribution in [0.2, 0.25) is 0 Å². The van der Waals surface area contributed by atoms with Gasteiger partial charge in [0.15, 0.2) is 0 Å². The summed E-state index contributed by atoms with van der Waals surface area (Å²) >= 11 is 2.14. The molecule has 114 valence electrons. The Morgan fingerprint density at radius 2 is 1.77 bits per heavy atom. The van der Waals surface area contributed by atoms with Crippen LogP contribution in [0.15, 0.2) is 48.5 Å². The molecule has 0 atom stereocenters. The molecule has 0 aliphatic rings. The summed E-state index contributed by atoms with van der Waals surface area (Å²) in [5, 5.41) is 5.44. The first-order valence-electron chi connectivity index (χ1n) is 6.57. The molecule has 6 heteroatoms. The first-order chi connectivity index (χ1) is 10.6. The van der Waals surface area contributed by atoms with Crippen LogP contribution in [0.25, 0.3) is 0 Å². The molecule has 0 radical (unpaired) electrons. The number of hydrogen-bond acceptors (Lipinski definition) is 3. The van der Waals surface area contributed by atoms with Gasteiger partial charge in [0.25, 0.3) is 5.91 Å². The monoisotopic (exact) mass is 410 g/mol. The summed E-state index contributed by atoms with van der Waals surface area (Å²) in [4.78, 5) is 23.2. The number of nitrogens with one attached hydrogen (secondary N) is 2. The van der Waals surface area contributed by atoms with Crippen molar-refractivity contribution in [1.82, 2.24) is 5.32 Å². The lowest BCUT2D eigenvalue weighted by Gasteiger charge is -2.08. The van der Waals surface area contributed by atoms with Gasteiger partial charge in [-0.2, -0.15) is 0 Å². The molecule has 0 fully saturated rings. The second-order valence-electron chi connectivity index (χ2n) is 4.48. The van der Waals surface area contributed by atoms with E-state index in [-0.39, 0.29) is 5.91 Å². The van der Waals surface area contributed by atoms with Crippen molar-refractivity contribution < 1.29 is 14.3 Å². The lowest BCUT2D eigenvalue weighted by atomic mass is 10.2. The highest BCUT2D eigenvalue weighted by Crippen LogP contribution is 2.12. The van der Waals surface area contributed by atoms with Gasteiger partial charge < -0.3 is 10.1 Å². The van der Waals surface area contributed by atoms with Crippen LogP contribution in [0.4, 0.5) is 10.5 Å². The number of halogens is 1. The van der Waals surface area contributed by atoms with E-state index in [1.807, 2.05) is 30.3 Å². The maximum atomic E-state index is 12.1. The molecule has 2 aromatic rings. The van der Waals surface area contributed by atoms with Crippen molar-refractivity contribution in [3.63, 3.8) is 0 Å². The van der Waals surface area contributed by atoms with Gasteiger partial charge in [-0.05, 0) is 52.4 Å². The SMILES string of the molecule is COC(=O)Nc1ccc(CNC(=O)c2ccccc2I)cc1. The number of benzene rings is 2. The van der Waals surface area contributed by atoms with Gasteiger partial charge in [-0.1, -0.05) is 24.3 Å². The molecule has 0 saturated heterocycles. The van der Waals surface area contributed by atoms with E-state index in [1.54, 1.807) is 18.2 Å². The molecule has 0 aliphatic heterocycles. The predicted molar refractivity (Wildman–Crippen MR) is 92.8 cm³/mol. The van der Waals surface area contributed by atoms with E-state index in [9.17, 15) is 9.59 Å². The Balaban J connectivity index is 1.93. The molecule has 5 nitrogen and oxygen atoms in total. The minimum Gasteiger partial charge on any atom is -0.453 e. The molecule has 2 amide bonds. The molecule has 0 spiro atoms. The van der Waals surface area contributed by atoms with E-state index in [4.69, 9.17) is 0 Å². The van der Waals surface area contributed by atoms with E-state index in [0.29, 0.717) is 17.8 Å². The van der Waals surface area contributed by atoms with Crippen molar-refractivity contribution >= 4 is 40.3 Å². The number of hydrogen-bond donors (Lipinski definition) is 2. The Morgan fingerprint density at radius 3 is 2.41 bits per heavy atom. The molecular formula is C16H15IN2O3. The lowest BCUT2D eigenvalue weighted by molar-refractivity contribution is 0.0950. The van der Waals surface area contributed by atoms with Crippen LogP contribution in [0.1, 0.15) is 15.9 Å². The van der Waals surface area contributed by atoms with Crippen molar-refractivity contribution in [3.05, 3.63) is 63.2 Å². The largest absolute Gasteiger partial charge is 0.453 e. The van der Waals surface area contributed by atoms with Gasteiger partial charge in [-0.3, -0.25) is 10.1 Å². The molecule has 2 rings (SSSR count). The Labute approximate surface area is 142 Å². The number of carbonyl (C=O) groups excluding carboxylic acids is 2. The molecule has 0 saturated carbocycles. The van der Waals surface area contributed by atoms with E-state index in [0.717, 1.165) is 9.13 Å². The van der Waals surface area contributed by atoms with Crippen LogP contribution in [0.5, 0.6) is 0 Å². The zero-order valence-corrected chi connectivity index (χ0v) is 14.1. The Kier molecular flexibility index (Phi) is 5.76.